The van der Waals surface area contributed by atoms with Crippen LogP contribution < -0.4 is 0 Å². The van der Waals surface area contributed by atoms with E-state index < -0.39 is 5.97 Å². The topological polar surface area (TPSA) is 119 Å². The highest BCUT2D eigenvalue weighted by Crippen LogP contribution is 2.25. The molecule has 0 saturated heterocycles. The SMILES string of the molecule is COC(=O)/C(=C(/O)CSc1nnnn1-c1ccccc1)c1nc2ccccc2[nH]1. The summed E-state index contributed by atoms with van der Waals surface area (Å²) in [7, 11) is 1.25. The van der Waals surface area contributed by atoms with E-state index in [1.807, 2.05) is 54.6 Å². The molecule has 4 rings (SSSR count). The van der Waals surface area contributed by atoms with E-state index in [4.69, 9.17) is 4.74 Å². The van der Waals surface area contributed by atoms with Gasteiger partial charge in [-0.15, -0.1) is 5.10 Å². The second kappa shape index (κ2) is 8.15. The normalized spacial score (nSPS) is 12.0. The Labute approximate surface area is 169 Å². The first kappa shape index (κ1) is 18.7. The molecule has 0 spiro atoms. The van der Waals surface area contributed by atoms with Gasteiger partial charge < -0.3 is 14.8 Å². The van der Waals surface area contributed by atoms with Gasteiger partial charge in [0.25, 0.3) is 0 Å². The first-order valence-electron chi connectivity index (χ1n) is 8.59. The molecule has 2 aromatic heterocycles. The second-order valence-electron chi connectivity index (χ2n) is 5.91. The molecule has 0 aliphatic heterocycles. The van der Waals surface area contributed by atoms with Crippen LogP contribution in [0.15, 0.2) is 65.5 Å². The summed E-state index contributed by atoms with van der Waals surface area (Å²) in [5, 5.41) is 22.8. The van der Waals surface area contributed by atoms with Crippen molar-refractivity contribution in [1.29, 1.82) is 0 Å². The number of nitrogens with one attached hydrogen (secondary N) is 1. The number of aromatic amines is 1. The van der Waals surface area contributed by atoms with E-state index >= 15 is 0 Å². The minimum Gasteiger partial charge on any atom is -0.510 e. The Kier molecular flexibility index (Phi) is 5.25. The molecule has 146 valence electrons. The number of ether oxygens (including phenoxy) is 1. The zero-order chi connectivity index (χ0) is 20.2. The van der Waals surface area contributed by atoms with Gasteiger partial charge in [0.15, 0.2) is 0 Å². The third kappa shape index (κ3) is 3.83. The second-order valence-corrected chi connectivity index (χ2v) is 6.86. The number of thioether (sulfide) groups is 1. The van der Waals surface area contributed by atoms with Gasteiger partial charge in [-0.2, -0.15) is 4.68 Å². The van der Waals surface area contributed by atoms with Crippen molar-refractivity contribution >= 4 is 34.3 Å². The molecular weight excluding hydrogens is 392 g/mol. The van der Waals surface area contributed by atoms with Crippen LogP contribution in [0.3, 0.4) is 0 Å². The number of tetrazole rings is 1. The van der Waals surface area contributed by atoms with Crippen molar-refractivity contribution in [3.63, 3.8) is 0 Å². The Bertz CT molecular complexity index is 1150. The van der Waals surface area contributed by atoms with Crippen LogP contribution in [0, 0.1) is 0 Å². The zero-order valence-corrected chi connectivity index (χ0v) is 16.1. The molecule has 4 aromatic rings. The van der Waals surface area contributed by atoms with Gasteiger partial charge >= 0.3 is 5.97 Å². The molecule has 10 heteroatoms. The van der Waals surface area contributed by atoms with Crippen molar-refractivity contribution in [3.8, 4) is 5.69 Å². The number of aliphatic hydroxyl groups excluding tert-OH is 1. The molecule has 29 heavy (non-hydrogen) atoms. The number of carbonyl (C=O) groups is 1. The van der Waals surface area contributed by atoms with Crippen molar-refractivity contribution in [2.45, 2.75) is 5.16 Å². The number of methoxy groups -OCH3 is 1. The van der Waals surface area contributed by atoms with Crippen molar-refractivity contribution in [1.82, 2.24) is 30.2 Å². The Balaban J connectivity index is 1.64. The highest BCUT2D eigenvalue weighted by molar-refractivity contribution is 7.99. The highest BCUT2D eigenvalue weighted by atomic mass is 32.2. The van der Waals surface area contributed by atoms with Crippen LogP contribution in [0.2, 0.25) is 0 Å². The summed E-state index contributed by atoms with van der Waals surface area (Å²) in [5.74, 6) is -0.596. The summed E-state index contributed by atoms with van der Waals surface area (Å²) in [6.45, 7) is 0. The molecule has 2 N–H and O–H groups in total. The monoisotopic (exact) mass is 408 g/mol. The van der Waals surface area contributed by atoms with Crippen LogP contribution in [0.25, 0.3) is 22.3 Å². The molecule has 0 unspecified atom stereocenters. The third-order valence-electron chi connectivity index (χ3n) is 4.08. The number of aromatic nitrogens is 6. The van der Waals surface area contributed by atoms with Gasteiger partial charge in [-0.25, -0.2) is 9.78 Å². The lowest BCUT2D eigenvalue weighted by molar-refractivity contribution is -0.133. The maximum atomic E-state index is 12.3. The lowest BCUT2D eigenvalue weighted by Crippen LogP contribution is -2.10. The lowest BCUT2D eigenvalue weighted by atomic mass is 10.2. The maximum Gasteiger partial charge on any atom is 0.345 e. The lowest BCUT2D eigenvalue weighted by Gasteiger charge is -2.07. The Morgan fingerprint density at radius 1 is 1.17 bits per heavy atom. The number of aliphatic hydroxyl groups is 1. The summed E-state index contributed by atoms with van der Waals surface area (Å²) < 4.78 is 6.39. The number of hydrogen-bond donors (Lipinski definition) is 2. The Morgan fingerprint density at radius 2 is 1.93 bits per heavy atom. The van der Waals surface area contributed by atoms with Crippen LogP contribution in [0.5, 0.6) is 0 Å². The number of nitrogens with zero attached hydrogens (tertiary/aromatic N) is 5. The fourth-order valence-electron chi connectivity index (χ4n) is 2.73. The molecule has 9 nitrogen and oxygen atoms in total. The van der Waals surface area contributed by atoms with Gasteiger partial charge in [0.05, 0.1) is 29.6 Å². The van der Waals surface area contributed by atoms with Gasteiger partial charge in [0.2, 0.25) is 5.16 Å². The van der Waals surface area contributed by atoms with Crippen LogP contribution in [-0.2, 0) is 9.53 Å². The fraction of sp³-hybridized carbons (Fsp3) is 0.105. The first-order valence-corrected chi connectivity index (χ1v) is 9.58. The molecule has 2 aromatic carbocycles. The van der Waals surface area contributed by atoms with Crippen molar-refractivity contribution in [3.05, 3.63) is 66.2 Å². The number of hydrogen-bond acceptors (Lipinski definition) is 8. The highest BCUT2D eigenvalue weighted by Gasteiger charge is 2.23. The number of carbonyl (C=O) groups excluding carboxylic acids is 1. The first-order chi connectivity index (χ1) is 14.2. The van der Waals surface area contributed by atoms with Crippen molar-refractivity contribution in [2.75, 3.05) is 12.9 Å². The maximum absolute atomic E-state index is 12.3. The zero-order valence-electron chi connectivity index (χ0n) is 15.3. The van der Waals surface area contributed by atoms with E-state index in [1.54, 1.807) is 4.68 Å². The average molecular weight is 408 g/mol. The molecule has 0 bridgehead atoms. The molecule has 0 aliphatic rings. The van der Waals surface area contributed by atoms with E-state index in [-0.39, 0.29) is 22.9 Å². The number of esters is 1. The van der Waals surface area contributed by atoms with E-state index in [2.05, 4.69) is 25.5 Å². The number of para-hydroxylation sites is 3. The number of H-pyrrole nitrogens is 1. The molecule has 0 radical (unpaired) electrons. The van der Waals surface area contributed by atoms with Crippen molar-refractivity contribution in [2.24, 2.45) is 0 Å². The van der Waals surface area contributed by atoms with Crippen LogP contribution in [0.4, 0.5) is 0 Å². The standard InChI is InChI=1S/C19H16N6O3S/c1-28-18(27)16(17-20-13-9-5-6-10-14(13)21-17)15(26)11-29-19-22-23-24-25(19)12-7-3-2-4-8-12/h2-10,26H,11H2,1H3,(H,20,21)/b16-15+. The van der Waals surface area contributed by atoms with Gasteiger partial charge in [-0.05, 0) is 34.7 Å². The Morgan fingerprint density at radius 3 is 2.69 bits per heavy atom. The molecule has 0 fully saturated rings. The van der Waals surface area contributed by atoms with Crippen LogP contribution in [0.1, 0.15) is 5.82 Å². The summed E-state index contributed by atoms with van der Waals surface area (Å²) in [6, 6.07) is 16.7. The Hall–Kier alpha value is -3.66. The van der Waals surface area contributed by atoms with Gasteiger partial charge in [0.1, 0.15) is 17.2 Å². The molecule has 0 atom stereocenters. The van der Waals surface area contributed by atoms with E-state index in [0.717, 1.165) is 11.2 Å². The number of imidazole rings is 1. The van der Waals surface area contributed by atoms with Gasteiger partial charge in [0, 0.05) is 0 Å². The minimum atomic E-state index is -0.690. The molecular formula is C19H16N6O3S. The summed E-state index contributed by atoms with van der Waals surface area (Å²) >= 11 is 1.18. The minimum absolute atomic E-state index is 0.0325. The number of benzene rings is 2. The number of rotatable bonds is 6. The van der Waals surface area contributed by atoms with Crippen LogP contribution in [-0.4, -0.2) is 54.1 Å². The van der Waals surface area contributed by atoms with Gasteiger partial charge in [-0.1, -0.05) is 42.1 Å². The number of fused-ring (bicyclic) bond motifs is 1. The average Bonchev–Trinajstić information content (AvgIpc) is 3.39. The molecule has 0 saturated carbocycles. The van der Waals surface area contributed by atoms with Gasteiger partial charge in [-0.3, -0.25) is 0 Å². The smallest absolute Gasteiger partial charge is 0.345 e. The summed E-state index contributed by atoms with van der Waals surface area (Å²) in [6.07, 6.45) is 0. The fourth-order valence-corrected chi connectivity index (χ4v) is 3.50. The molecule has 0 amide bonds. The largest absolute Gasteiger partial charge is 0.510 e. The summed E-state index contributed by atoms with van der Waals surface area (Å²) in [5.41, 5.74) is 2.18. The third-order valence-corrected chi connectivity index (χ3v) is 5.01. The van der Waals surface area contributed by atoms with Crippen molar-refractivity contribution < 1.29 is 14.6 Å². The predicted octanol–water partition coefficient (Wildman–Crippen LogP) is 2.77. The van der Waals surface area contributed by atoms with E-state index in [9.17, 15) is 9.90 Å². The predicted molar refractivity (Wildman–Crippen MR) is 108 cm³/mol. The van der Waals surface area contributed by atoms with Crippen LogP contribution >= 0.6 is 11.8 Å². The quantitative estimate of drug-likeness (QED) is 0.216. The molecule has 0 aliphatic carbocycles. The van der Waals surface area contributed by atoms with E-state index in [1.165, 1.54) is 18.9 Å². The molecule has 2 heterocycles. The van der Waals surface area contributed by atoms with E-state index in [0.29, 0.717) is 10.7 Å². The summed E-state index contributed by atoms with van der Waals surface area (Å²) in [4.78, 5) is 19.7.